The number of carbonyl (C=O) groups excluding carboxylic acids is 3. The molecule has 36 heavy (non-hydrogen) atoms. The number of aliphatic hydroxyl groups is 1. The van der Waals surface area contributed by atoms with E-state index in [-0.39, 0.29) is 35.7 Å². The number of nitrogens with one attached hydrogen (secondary N) is 2. The number of unbranched alkanes of at least 4 members (excludes halogenated alkanes) is 2. The highest BCUT2D eigenvalue weighted by Crippen LogP contribution is 2.60. The molecule has 3 aliphatic heterocycles. The molecule has 1 spiro atoms. The molecule has 4 rings (SSSR count). The lowest BCUT2D eigenvalue weighted by atomic mass is 9.70. The van der Waals surface area contributed by atoms with Crippen LogP contribution in [0.5, 0.6) is 5.75 Å². The Hall–Kier alpha value is -2.17. The van der Waals surface area contributed by atoms with Crippen LogP contribution < -0.4 is 15.4 Å². The van der Waals surface area contributed by atoms with E-state index in [1.165, 1.54) is 4.90 Å². The predicted octanol–water partition coefficient (Wildman–Crippen LogP) is 2.46. The Labute approximate surface area is 220 Å². The molecule has 0 saturated carbocycles. The zero-order chi connectivity index (χ0) is 25.9. The van der Waals surface area contributed by atoms with Crippen molar-refractivity contribution >= 4 is 39.3 Å². The van der Waals surface area contributed by atoms with Crippen LogP contribution in [0.4, 0.5) is 5.69 Å². The van der Waals surface area contributed by atoms with Gasteiger partial charge in [-0.05, 0) is 50.5 Å². The molecule has 3 fully saturated rings. The zero-order valence-corrected chi connectivity index (χ0v) is 22.5. The smallest absolute Gasteiger partial charge is 0.245 e. The summed E-state index contributed by atoms with van der Waals surface area (Å²) in [7, 11) is 0. The van der Waals surface area contributed by atoms with Crippen molar-refractivity contribution in [2.75, 3.05) is 31.6 Å². The Bertz CT molecular complexity index is 960. The van der Waals surface area contributed by atoms with Crippen molar-refractivity contribution in [1.82, 2.24) is 10.2 Å². The highest BCUT2D eigenvalue weighted by molar-refractivity contribution is 9.09. The van der Waals surface area contributed by atoms with Crippen LogP contribution in [-0.2, 0) is 19.1 Å². The fraction of sp³-hybridized carbons (Fsp3) is 0.654. The van der Waals surface area contributed by atoms with Crippen LogP contribution in [0, 0.1) is 11.8 Å². The Morgan fingerprint density at radius 3 is 2.61 bits per heavy atom. The van der Waals surface area contributed by atoms with Gasteiger partial charge in [-0.1, -0.05) is 35.7 Å². The number of rotatable bonds is 12. The molecular weight excluding hydrogens is 530 g/mol. The van der Waals surface area contributed by atoms with Gasteiger partial charge in [-0.3, -0.25) is 14.4 Å². The van der Waals surface area contributed by atoms with Gasteiger partial charge >= 0.3 is 0 Å². The topological polar surface area (TPSA) is 117 Å². The summed E-state index contributed by atoms with van der Waals surface area (Å²) in [5.74, 6) is -1.62. The van der Waals surface area contributed by atoms with Gasteiger partial charge in [0.2, 0.25) is 17.7 Å². The molecule has 198 valence electrons. The van der Waals surface area contributed by atoms with E-state index in [9.17, 15) is 19.5 Å². The summed E-state index contributed by atoms with van der Waals surface area (Å²) in [6.07, 6.45) is 3.18. The van der Waals surface area contributed by atoms with Crippen LogP contribution in [0.25, 0.3) is 0 Å². The Balaban J connectivity index is 1.58. The van der Waals surface area contributed by atoms with E-state index in [1.807, 2.05) is 6.92 Å². The zero-order valence-electron chi connectivity index (χ0n) is 20.9. The van der Waals surface area contributed by atoms with E-state index in [0.717, 1.165) is 19.3 Å². The SMILES string of the molecule is CCCCCNC(=O)C1N(CCCO)C(=O)[C@@H]2[C@H](C(=O)Nc3ccc(OCC)cc3)[C@H]3OC12CC3Br. The number of anilines is 1. The minimum Gasteiger partial charge on any atom is -0.494 e. The van der Waals surface area contributed by atoms with Crippen LogP contribution in [0.15, 0.2) is 24.3 Å². The molecule has 9 nitrogen and oxygen atoms in total. The molecule has 10 heteroatoms. The maximum absolute atomic E-state index is 13.7. The minimum absolute atomic E-state index is 0.0987. The Kier molecular flexibility index (Phi) is 8.57. The van der Waals surface area contributed by atoms with Gasteiger partial charge in [0, 0.05) is 30.2 Å². The third-order valence-electron chi connectivity index (χ3n) is 7.41. The number of hydrogen-bond acceptors (Lipinski definition) is 6. The summed E-state index contributed by atoms with van der Waals surface area (Å²) in [5.41, 5.74) is -0.486. The lowest BCUT2D eigenvalue weighted by Gasteiger charge is -2.34. The van der Waals surface area contributed by atoms with Gasteiger partial charge in [0.15, 0.2) is 0 Å². The number of aliphatic hydroxyl groups excluding tert-OH is 1. The van der Waals surface area contributed by atoms with E-state index in [4.69, 9.17) is 9.47 Å². The molecule has 3 N–H and O–H groups in total. The summed E-state index contributed by atoms with van der Waals surface area (Å²) in [5, 5.41) is 15.3. The summed E-state index contributed by atoms with van der Waals surface area (Å²) in [6.45, 7) is 5.20. The second-order valence-corrected chi connectivity index (χ2v) is 10.9. The van der Waals surface area contributed by atoms with Gasteiger partial charge in [0.25, 0.3) is 0 Å². The molecule has 0 aromatic heterocycles. The fourth-order valence-corrected chi connectivity index (χ4v) is 6.86. The number of halogens is 1. The van der Waals surface area contributed by atoms with Crippen molar-refractivity contribution in [2.24, 2.45) is 11.8 Å². The lowest BCUT2D eigenvalue weighted by Crippen LogP contribution is -2.56. The van der Waals surface area contributed by atoms with E-state index in [2.05, 4.69) is 33.5 Å². The molecule has 3 unspecified atom stereocenters. The van der Waals surface area contributed by atoms with E-state index < -0.39 is 29.6 Å². The molecule has 1 aromatic carbocycles. The fourth-order valence-electron chi connectivity index (χ4n) is 5.92. The highest BCUT2D eigenvalue weighted by atomic mass is 79.9. The number of benzene rings is 1. The number of fused-ring (bicyclic) bond motifs is 1. The summed E-state index contributed by atoms with van der Waals surface area (Å²) < 4.78 is 11.9. The van der Waals surface area contributed by atoms with Gasteiger partial charge in [0.05, 0.1) is 24.5 Å². The van der Waals surface area contributed by atoms with Gasteiger partial charge in [-0.15, -0.1) is 0 Å². The van der Waals surface area contributed by atoms with Crippen molar-refractivity contribution in [3.8, 4) is 5.75 Å². The average molecular weight is 566 g/mol. The van der Waals surface area contributed by atoms with Crippen molar-refractivity contribution in [2.45, 2.75) is 68.5 Å². The number of nitrogens with zero attached hydrogens (tertiary/aromatic N) is 1. The first-order valence-corrected chi connectivity index (χ1v) is 13.8. The van der Waals surface area contributed by atoms with Crippen molar-refractivity contribution < 1.29 is 29.0 Å². The van der Waals surface area contributed by atoms with Crippen LogP contribution in [0.1, 0.15) is 46.0 Å². The van der Waals surface area contributed by atoms with Crippen LogP contribution >= 0.6 is 15.9 Å². The number of amides is 3. The van der Waals surface area contributed by atoms with Gasteiger partial charge in [-0.2, -0.15) is 0 Å². The van der Waals surface area contributed by atoms with Crippen LogP contribution in [-0.4, -0.2) is 76.6 Å². The Morgan fingerprint density at radius 1 is 1.19 bits per heavy atom. The summed E-state index contributed by atoms with van der Waals surface area (Å²) >= 11 is 3.67. The second kappa shape index (κ2) is 11.5. The maximum atomic E-state index is 13.7. The molecule has 3 amide bonds. The molecule has 0 aliphatic carbocycles. The molecule has 3 saturated heterocycles. The van der Waals surface area contributed by atoms with E-state index in [1.54, 1.807) is 24.3 Å². The molecule has 1 aromatic rings. The number of hydrogen-bond donors (Lipinski definition) is 3. The molecule has 6 atom stereocenters. The predicted molar refractivity (Wildman–Crippen MR) is 138 cm³/mol. The quantitative estimate of drug-likeness (QED) is 0.265. The normalized spacial score (nSPS) is 30.4. The minimum atomic E-state index is -1.08. The van der Waals surface area contributed by atoms with Crippen LogP contribution in [0.2, 0.25) is 0 Å². The number of alkyl halides is 1. The van der Waals surface area contributed by atoms with Gasteiger partial charge in [0.1, 0.15) is 17.4 Å². The third kappa shape index (κ3) is 4.87. The summed E-state index contributed by atoms with van der Waals surface area (Å²) in [4.78, 5) is 42.1. The second-order valence-electron chi connectivity index (χ2n) is 9.72. The molecule has 2 bridgehead atoms. The molecule has 3 heterocycles. The first-order valence-electron chi connectivity index (χ1n) is 12.9. The van der Waals surface area contributed by atoms with Gasteiger partial charge < -0.3 is 30.1 Å². The van der Waals surface area contributed by atoms with Crippen molar-refractivity contribution in [3.63, 3.8) is 0 Å². The lowest BCUT2D eigenvalue weighted by molar-refractivity contribution is -0.141. The standard InChI is InChI=1S/C26H36BrN3O6/c1-3-5-6-12-28-24(33)22-26-15-18(27)21(36-26)19(20(26)25(34)30(22)13-7-14-31)23(32)29-16-8-10-17(11-9-16)35-4-2/h8-11,18-22,31H,3-7,12-15H2,1-2H3,(H,28,33)(H,29,32)/t18?,19-,20-,21-,22?,26?/m0/s1. The largest absolute Gasteiger partial charge is 0.494 e. The first kappa shape index (κ1) is 26.9. The average Bonchev–Trinajstić information content (AvgIpc) is 3.45. The van der Waals surface area contributed by atoms with E-state index in [0.29, 0.717) is 37.4 Å². The Morgan fingerprint density at radius 2 is 1.94 bits per heavy atom. The maximum Gasteiger partial charge on any atom is 0.245 e. The van der Waals surface area contributed by atoms with Crippen LogP contribution in [0.3, 0.4) is 0 Å². The third-order valence-corrected chi connectivity index (χ3v) is 8.25. The number of carbonyl (C=O) groups is 3. The molecule has 0 radical (unpaired) electrons. The number of ether oxygens (including phenoxy) is 2. The number of likely N-dealkylation sites (tertiary alicyclic amines) is 1. The van der Waals surface area contributed by atoms with Crippen molar-refractivity contribution in [3.05, 3.63) is 24.3 Å². The monoisotopic (exact) mass is 565 g/mol. The summed E-state index contributed by atoms with van der Waals surface area (Å²) in [6, 6.07) is 6.24. The van der Waals surface area contributed by atoms with E-state index >= 15 is 0 Å². The highest BCUT2D eigenvalue weighted by Gasteiger charge is 2.76. The van der Waals surface area contributed by atoms with Gasteiger partial charge in [-0.25, -0.2) is 0 Å². The molecular formula is C26H36BrN3O6. The first-order chi connectivity index (χ1) is 17.4. The van der Waals surface area contributed by atoms with Crippen molar-refractivity contribution in [1.29, 1.82) is 0 Å². The molecule has 3 aliphatic rings.